The Morgan fingerprint density at radius 2 is 1.96 bits per heavy atom. The van der Waals surface area contributed by atoms with E-state index in [1.54, 1.807) is 31.2 Å². The minimum Gasteiger partial charge on any atom is -0.545 e. The fourth-order valence-electron chi connectivity index (χ4n) is 2.07. The smallest absolute Gasteiger partial charge is 0.234 e. The highest BCUT2D eigenvalue weighted by Crippen LogP contribution is 2.25. The first kappa shape index (κ1) is 18.6. The van der Waals surface area contributed by atoms with Crippen molar-refractivity contribution in [3.8, 4) is 0 Å². The molecule has 4 nitrogen and oxygen atoms in total. The van der Waals surface area contributed by atoms with E-state index < -0.39 is 5.97 Å². The Hall–Kier alpha value is -1.69. The molecule has 0 fully saturated rings. The number of aromatic carboxylic acids is 1. The number of hydrogen-bond acceptors (Lipinski definition) is 4. The van der Waals surface area contributed by atoms with Crippen molar-refractivity contribution in [2.24, 2.45) is 0 Å². The van der Waals surface area contributed by atoms with Gasteiger partial charge in [0.2, 0.25) is 5.91 Å². The summed E-state index contributed by atoms with van der Waals surface area (Å²) < 4.78 is 0. The van der Waals surface area contributed by atoms with Crippen LogP contribution in [-0.4, -0.2) is 17.6 Å². The van der Waals surface area contributed by atoms with Gasteiger partial charge in [-0.1, -0.05) is 41.4 Å². The summed E-state index contributed by atoms with van der Waals surface area (Å²) in [6.45, 7) is 1.63. The third kappa shape index (κ3) is 4.90. The molecule has 0 saturated carbocycles. The number of thioether (sulfide) groups is 1. The van der Waals surface area contributed by atoms with Crippen LogP contribution in [-0.2, 0) is 10.5 Å². The van der Waals surface area contributed by atoms with E-state index in [1.165, 1.54) is 17.8 Å². The highest BCUT2D eigenvalue weighted by molar-refractivity contribution is 7.99. The molecule has 0 aromatic heterocycles. The Bertz CT molecular complexity index is 780. The topological polar surface area (TPSA) is 69.2 Å². The van der Waals surface area contributed by atoms with Crippen molar-refractivity contribution in [3.63, 3.8) is 0 Å². The van der Waals surface area contributed by atoms with Crippen molar-refractivity contribution in [1.29, 1.82) is 0 Å². The summed E-state index contributed by atoms with van der Waals surface area (Å²) in [5.41, 5.74) is 1.89. The standard InChI is InChI=1S/C17H15Cl2NO3S/c1-10-13(17(22)23)3-2-4-15(10)20-16(21)9-24-8-11-5-6-12(18)7-14(11)19/h2-7H,8-9H2,1H3,(H,20,21)(H,22,23)/p-1. The number of carbonyl (C=O) groups is 2. The zero-order chi connectivity index (χ0) is 17.7. The summed E-state index contributed by atoms with van der Waals surface area (Å²) in [4.78, 5) is 23.0. The number of anilines is 1. The van der Waals surface area contributed by atoms with Crippen molar-refractivity contribution < 1.29 is 14.7 Å². The summed E-state index contributed by atoms with van der Waals surface area (Å²) in [5.74, 6) is -0.700. The third-order valence-corrected chi connectivity index (χ3v) is 4.90. The van der Waals surface area contributed by atoms with Crippen molar-refractivity contribution >= 4 is 52.5 Å². The highest BCUT2D eigenvalue weighted by Gasteiger charge is 2.09. The second kappa shape index (κ2) is 8.42. The summed E-state index contributed by atoms with van der Waals surface area (Å²) in [5, 5.41) is 14.8. The number of hydrogen-bond donors (Lipinski definition) is 1. The van der Waals surface area contributed by atoms with Gasteiger partial charge in [-0.15, -0.1) is 11.8 Å². The molecule has 7 heteroatoms. The second-order valence-electron chi connectivity index (χ2n) is 5.04. The Kier molecular flexibility index (Phi) is 6.54. The van der Waals surface area contributed by atoms with Crippen molar-refractivity contribution in [1.82, 2.24) is 0 Å². The van der Waals surface area contributed by atoms with Crippen LogP contribution in [0.5, 0.6) is 0 Å². The Morgan fingerprint density at radius 1 is 1.21 bits per heavy atom. The first-order valence-corrected chi connectivity index (χ1v) is 8.92. The minimum absolute atomic E-state index is 0.0633. The molecule has 0 aliphatic carbocycles. The number of amides is 1. The molecular weight excluding hydrogens is 369 g/mol. The maximum absolute atomic E-state index is 12.0. The lowest BCUT2D eigenvalue weighted by atomic mass is 10.1. The molecule has 0 saturated heterocycles. The van der Waals surface area contributed by atoms with Gasteiger partial charge in [-0.2, -0.15) is 0 Å². The van der Waals surface area contributed by atoms with Crippen molar-refractivity contribution in [3.05, 3.63) is 63.1 Å². The number of carbonyl (C=O) groups excluding carboxylic acids is 2. The summed E-state index contributed by atoms with van der Waals surface area (Å²) >= 11 is 13.3. The Labute approximate surface area is 154 Å². The maximum Gasteiger partial charge on any atom is 0.234 e. The lowest BCUT2D eigenvalue weighted by Crippen LogP contribution is -2.24. The fourth-order valence-corrected chi connectivity index (χ4v) is 3.46. The third-order valence-electron chi connectivity index (χ3n) is 3.33. The van der Waals surface area contributed by atoms with E-state index in [0.29, 0.717) is 27.0 Å². The monoisotopic (exact) mass is 382 g/mol. The van der Waals surface area contributed by atoms with Crippen LogP contribution in [0.15, 0.2) is 36.4 Å². The molecule has 2 rings (SSSR count). The van der Waals surface area contributed by atoms with Crippen molar-refractivity contribution in [2.45, 2.75) is 12.7 Å². The maximum atomic E-state index is 12.0. The van der Waals surface area contributed by atoms with Crippen LogP contribution < -0.4 is 10.4 Å². The van der Waals surface area contributed by atoms with Crippen LogP contribution in [0, 0.1) is 6.92 Å². The Balaban J connectivity index is 1.92. The minimum atomic E-state index is -1.27. The molecule has 0 unspecified atom stereocenters. The zero-order valence-corrected chi connectivity index (χ0v) is 15.1. The molecule has 0 spiro atoms. The quantitative estimate of drug-likeness (QED) is 0.829. The van der Waals surface area contributed by atoms with E-state index in [4.69, 9.17) is 23.2 Å². The average molecular weight is 383 g/mol. The SMILES string of the molecule is Cc1c(NC(=O)CSCc2ccc(Cl)cc2Cl)cccc1C(=O)[O-]. The zero-order valence-electron chi connectivity index (χ0n) is 12.8. The summed E-state index contributed by atoms with van der Waals surface area (Å²) in [7, 11) is 0. The van der Waals surface area contributed by atoms with Gasteiger partial charge in [0.1, 0.15) is 0 Å². The van der Waals surface area contributed by atoms with Gasteiger partial charge in [0.15, 0.2) is 0 Å². The van der Waals surface area contributed by atoms with Crippen molar-refractivity contribution in [2.75, 3.05) is 11.1 Å². The average Bonchev–Trinajstić information content (AvgIpc) is 2.51. The molecule has 0 heterocycles. The van der Waals surface area contributed by atoms with Crippen LogP contribution >= 0.6 is 35.0 Å². The molecule has 0 bridgehead atoms. The van der Waals surface area contributed by atoms with E-state index in [0.717, 1.165) is 5.56 Å². The molecular formula is C17H14Cl2NO3S-. The normalized spacial score (nSPS) is 10.5. The second-order valence-corrected chi connectivity index (χ2v) is 6.87. The van der Waals surface area contributed by atoms with E-state index in [9.17, 15) is 14.7 Å². The largest absolute Gasteiger partial charge is 0.545 e. The molecule has 1 amide bonds. The van der Waals surface area contributed by atoms with Gasteiger partial charge in [0.05, 0.1) is 11.7 Å². The van der Waals surface area contributed by atoms with E-state index in [2.05, 4.69) is 5.32 Å². The van der Waals surface area contributed by atoms with Gasteiger partial charge in [-0.3, -0.25) is 4.79 Å². The first-order valence-electron chi connectivity index (χ1n) is 7.01. The van der Waals surface area contributed by atoms with Gasteiger partial charge in [0, 0.05) is 27.0 Å². The molecule has 126 valence electrons. The van der Waals surface area contributed by atoms with Gasteiger partial charge < -0.3 is 15.2 Å². The fraction of sp³-hybridized carbons (Fsp3) is 0.176. The Morgan fingerprint density at radius 3 is 2.62 bits per heavy atom. The summed E-state index contributed by atoms with van der Waals surface area (Å²) in [6, 6.07) is 9.89. The van der Waals surface area contributed by atoms with E-state index in [-0.39, 0.29) is 17.2 Å². The van der Waals surface area contributed by atoms with Gasteiger partial charge in [0.25, 0.3) is 0 Å². The van der Waals surface area contributed by atoms with Gasteiger partial charge in [-0.05, 0) is 36.2 Å². The highest BCUT2D eigenvalue weighted by atomic mass is 35.5. The number of carboxylic acid groups (broad SMARTS) is 1. The lowest BCUT2D eigenvalue weighted by Gasteiger charge is -2.13. The molecule has 24 heavy (non-hydrogen) atoms. The molecule has 0 radical (unpaired) electrons. The van der Waals surface area contributed by atoms with Crippen LogP contribution in [0.1, 0.15) is 21.5 Å². The number of rotatable bonds is 6. The molecule has 2 aromatic rings. The molecule has 1 N–H and O–H groups in total. The van der Waals surface area contributed by atoms with E-state index >= 15 is 0 Å². The molecule has 0 aliphatic rings. The number of carboxylic acids is 1. The molecule has 0 aliphatic heterocycles. The van der Waals surface area contributed by atoms with E-state index in [1.807, 2.05) is 6.07 Å². The van der Waals surface area contributed by atoms with Crippen LogP contribution in [0.3, 0.4) is 0 Å². The van der Waals surface area contributed by atoms with Crippen LogP contribution in [0.4, 0.5) is 5.69 Å². The summed E-state index contributed by atoms with van der Waals surface area (Å²) in [6.07, 6.45) is 0. The predicted octanol–water partition coefficient (Wildman–Crippen LogP) is 3.54. The van der Waals surface area contributed by atoms with Crippen LogP contribution in [0.2, 0.25) is 10.0 Å². The van der Waals surface area contributed by atoms with Gasteiger partial charge >= 0.3 is 0 Å². The number of halogens is 2. The van der Waals surface area contributed by atoms with Gasteiger partial charge in [-0.25, -0.2) is 0 Å². The lowest BCUT2D eigenvalue weighted by molar-refractivity contribution is -0.255. The number of benzene rings is 2. The molecule has 0 atom stereocenters. The van der Waals surface area contributed by atoms with Crippen LogP contribution in [0.25, 0.3) is 0 Å². The molecule has 2 aromatic carbocycles. The first-order chi connectivity index (χ1) is 11.4. The predicted molar refractivity (Wildman–Crippen MR) is 96.8 cm³/mol. The number of nitrogens with one attached hydrogen (secondary N) is 1.